The van der Waals surface area contributed by atoms with Gasteiger partial charge in [0.2, 0.25) is 0 Å². The lowest BCUT2D eigenvalue weighted by molar-refractivity contribution is 0.409. The van der Waals surface area contributed by atoms with Crippen LogP contribution in [0.4, 0.5) is 0 Å². The van der Waals surface area contributed by atoms with Gasteiger partial charge in [0.15, 0.2) is 0 Å². The fourth-order valence-electron chi connectivity index (χ4n) is 1.78. The highest BCUT2D eigenvalue weighted by Crippen LogP contribution is 2.40. The molecule has 0 atom stereocenters. The third-order valence-electron chi connectivity index (χ3n) is 2.72. The Morgan fingerprint density at radius 3 is 2.67 bits per heavy atom. The first-order valence-electron chi connectivity index (χ1n) is 5.65. The van der Waals surface area contributed by atoms with E-state index >= 15 is 0 Å². The van der Waals surface area contributed by atoms with Crippen LogP contribution in [0.2, 0.25) is 0 Å². The summed E-state index contributed by atoms with van der Waals surface area (Å²) in [6.45, 7) is 0. The molecule has 0 bridgehead atoms. The Morgan fingerprint density at radius 2 is 1.89 bits per heavy atom. The molecule has 0 radical (unpaired) electrons. The highest BCUT2D eigenvalue weighted by atomic mass is 32.2. The second kappa shape index (κ2) is 4.78. The quantitative estimate of drug-likeness (QED) is 0.803. The number of hydrogen-bond donors (Lipinski definition) is 0. The number of fused-ring (bicyclic) bond motifs is 1. The van der Waals surface area contributed by atoms with E-state index < -0.39 is 0 Å². The van der Waals surface area contributed by atoms with Crippen LogP contribution >= 0.6 is 11.8 Å². The summed E-state index contributed by atoms with van der Waals surface area (Å²) in [5.41, 5.74) is 1.08. The van der Waals surface area contributed by atoms with Crippen molar-refractivity contribution < 1.29 is 9.47 Å². The van der Waals surface area contributed by atoms with Gasteiger partial charge in [0.05, 0.1) is 12.0 Å². The van der Waals surface area contributed by atoms with Gasteiger partial charge in [0.1, 0.15) is 17.3 Å². The van der Waals surface area contributed by atoms with Crippen molar-refractivity contribution in [1.29, 1.82) is 0 Å². The third kappa shape index (κ3) is 2.09. The number of methoxy groups -OCH3 is 1. The Hall–Kier alpha value is -1.87. The van der Waals surface area contributed by atoms with Crippen molar-refractivity contribution in [2.45, 2.75) is 4.90 Å². The summed E-state index contributed by atoms with van der Waals surface area (Å²) >= 11 is 1.67. The van der Waals surface area contributed by atoms with Gasteiger partial charge in [0, 0.05) is 17.0 Å². The van der Waals surface area contributed by atoms with Crippen molar-refractivity contribution in [3.8, 4) is 11.5 Å². The number of ether oxygens (including phenoxy) is 2. The van der Waals surface area contributed by atoms with Gasteiger partial charge in [-0.15, -0.1) is 0 Å². The van der Waals surface area contributed by atoms with E-state index in [1.807, 2.05) is 53.9 Å². The van der Waals surface area contributed by atoms with Crippen LogP contribution in [0.1, 0.15) is 5.56 Å². The van der Waals surface area contributed by atoms with E-state index in [-0.39, 0.29) is 0 Å². The van der Waals surface area contributed by atoms with Crippen LogP contribution in [-0.2, 0) is 0 Å². The summed E-state index contributed by atoms with van der Waals surface area (Å²) in [5.74, 6) is 2.53. The molecule has 0 spiro atoms. The molecule has 90 valence electrons. The first-order chi connectivity index (χ1) is 8.86. The van der Waals surface area contributed by atoms with Crippen LogP contribution in [0.25, 0.3) is 5.76 Å². The van der Waals surface area contributed by atoms with Gasteiger partial charge >= 0.3 is 0 Å². The first kappa shape index (κ1) is 11.2. The van der Waals surface area contributed by atoms with Gasteiger partial charge in [-0.05, 0) is 12.1 Å². The summed E-state index contributed by atoms with van der Waals surface area (Å²) < 4.78 is 11.1. The molecule has 0 aromatic heterocycles. The molecule has 1 aliphatic heterocycles. The van der Waals surface area contributed by atoms with E-state index in [9.17, 15) is 0 Å². The van der Waals surface area contributed by atoms with Crippen molar-refractivity contribution in [2.75, 3.05) is 7.11 Å². The maximum atomic E-state index is 5.92. The Labute approximate surface area is 110 Å². The lowest BCUT2D eigenvalue weighted by Crippen LogP contribution is -1.99. The molecule has 1 aliphatic rings. The predicted octanol–water partition coefficient (Wildman–Crippen LogP) is 4.18. The molecule has 2 nitrogen and oxygen atoms in total. The van der Waals surface area contributed by atoms with E-state index in [0.29, 0.717) is 0 Å². The first-order valence-corrected chi connectivity index (χ1v) is 6.53. The average Bonchev–Trinajstić information content (AvgIpc) is 2.47. The topological polar surface area (TPSA) is 18.5 Å². The molecule has 0 N–H and O–H groups in total. The molecule has 3 heteroatoms. The van der Waals surface area contributed by atoms with Gasteiger partial charge in [-0.1, -0.05) is 42.1 Å². The molecular weight excluding hydrogens is 244 g/mol. The van der Waals surface area contributed by atoms with Crippen LogP contribution in [-0.4, -0.2) is 7.11 Å². The molecule has 0 aliphatic carbocycles. The Kier molecular flexibility index (Phi) is 2.99. The van der Waals surface area contributed by atoms with E-state index in [4.69, 9.17) is 9.47 Å². The molecule has 0 fully saturated rings. The van der Waals surface area contributed by atoms with Crippen LogP contribution < -0.4 is 9.47 Å². The third-order valence-corrected chi connectivity index (χ3v) is 3.65. The minimum absolute atomic E-state index is 0.809. The SMILES string of the molecule is COc1ccc2c(c1)OC(c1ccccc1)=CS2. The molecule has 2 aromatic rings. The summed E-state index contributed by atoms with van der Waals surface area (Å²) in [6, 6.07) is 16.0. The number of thioether (sulfide) groups is 1. The van der Waals surface area contributed by atoms with Gasteiger partial charge < -0.3 is 9.47 Å². The molecule has 0 saturated heterocycles. The highest BCUT2D eigenvalue weighted by molar-refractivity contribution is 8.02. The second-order valence-corrected chi connectivity index (χ2v) is 4.79. The van der Waals surface area contributed by atoms with Gasteiger partial charge in [-0.3, -0.25) is 0 Å². The lowest BCUT2D eigenvalue weighted by Gasteiger charge is -2.18. The van der Waals surface area contributed by atoms with Gasteiger partial charge in [0.25, 0.3) is 0 Å². The summed E-state index contributed by atoms with van der Waals surface area (Å²) in [5, 5.41) is 2.03. The predicted molar refractivity (Wildman–Crippen MR) is 73.9 cm³/mol. The normalized spacial score (nSPS) is 13.3. The van der Waals surface area contributed by atoms with Crippen molar-refractivity contribution in [1.82, 2.24) is 0 Å². The van der Waals surface area contributed by atoms with Crippen LogP contribution in [0, 0.1) is 0 Å². The minimum Gasteiger partial charge on any atom is -0.497 e. The van der Waals surface area contributed by atoms with Crippen LogP contribution in [0.3, 0.4) is 0 Å². The van der Waals surface area contributed by atoms with E-state index in [1.54, 1.807) is 18.9 Å². The zero-order valence-electron chi connectivity index (χ0n) is 9.92. The molecule has 0 amide bonds. The lowest BCUT2D eigenvalue weighted by atomic mass is 10.2. The largest absolute Gasteiger partial charge is 0.497 e. The second-order valence-electron chi connectivity index (χ2n) is 3.88. The molecular formula is C15H12O2S. The van der Waals surface area contributed by atoms with Crippen LogP contribution in [0.5, 0.6) is 11.5 Å². The van der Waals surface area contributed by atoms with Crippen LogP contribution in [0.15, 0.2) is 58.8 Å². The minimum atomic E-state index is 0.809. The fourth-order valence-corrected chi connectivity index (χ4v) is 2.56. The highest BCUT2D eigenvalue weighted by Gasteiger charge is 2.15. The molecule has 0 saturated carbocycles. The average molecular weight is 256 g/mol. The molecule has 18 heavy (non-hydrogen) atoms. The van der Waals surface area contributed by atoms with E-state index in [1.165, 1.54) is 0 Å². The Morgan fingerprint density at radius 1 is 1.06 bits per heavy atom. The van der Waals surface area contributed by atoms with E-state index in [0.717, 1.165) is 27.7 Å². The zero-order chi connectivity index (χ0) is 12.4. The Balaban J connectivity index is 1.93. The smallest absolute Gasteiger partial charge is 0.145 e. The van der Waals surface area contributed by atoms with E-state index in [2.05, 4.69) is 0 Å². The maximum Gasteiger partial charge on any atom is 0.145 e. The Bertz CT molecular complexity index is 591. The molecule has 2 aromatic carbocycles. The van der Waals surface area contributed by atoms with Crippen molar-refractivity contribution in [2.24, 2.45) is 0 Å². The summed E-state index contributed by atoms with van der Waals surface area (Å²) in [4.78, 5) is 1.11. The van der Waals surface area contributed by atoms with Crippen molar-refractivity contribution in [3.63, 3.8) is 0 Å². The monoisotopic (exact) mass is 256 g/mol. The summed E-state index contributed by atoms with van der Waals surface area (Å²) in [6.07, 6.45) is 0. The molecule has 1 heterocycles. The number of rotatable bonds is 2. The van der Waals surface area contributed by atoms with Gasteiger partial charge in [-0.25, -0.2) is 0 Å². The molecule has 0 unspecified atom stereocenters. The molecule has 3 rings (SSSR count). The standard InChI is InChI=1S/C15H12O2S/c1-16-12-7-8-15-13(9-12)17-14(10-18-15)11-5-3-2-4-6-11/h2-10H,1H3. The van der Waals surface area contributed by atoms with Crippen molar-refractivity contribution >= 4 is 17.5 Å². The number of hydrogen-bond acceptors (Lipinski definition) is 3. The van der Waals surface area contributed by atoms with Gasteiger partial charge in [-0.2, -0.15) is 0 Å². The zero-order valence-corrected chi connectivity index (χ0v) is 10.7. The maximum absolute atomic E-state index is 5.92. The fraction of sp³-hybridized carbons (Fsp3) is 0.0667. The van der Waals surface area contributed by atoms with Crippen molar-refractivity contribution in [3.05, 3.63) is 59.5 Å². The summed E-state index contributed by atoms with van der Waals surface area (Å²) in [7, 11) is 1.66. The number of benzene rings is 2.